The third-order valence-electron chi connectivity index (χ3n) is 3.77. The maximum Gasteiger partial charge on any atom is 0.416 e. The van der Waals surface area contributed by atoms with E-state index >= 15 is 0 Å². The molecule has 0 N–H and O–H groups in total. The van der Waals surface area contributed by atoms with Crippen LogP contribution in [0.25, 0.3) is 17.1 Å². The lowest BCUT2D eigenvalue weighted by molar-refractivity contribution is -0.384. The Balaban J connectivity index is 2.04. The summed E-state index contributed by atoms with van der Waals surface area (Å²) in [5.74, 6) is 0.962. The lowest BCUT2D eigenvalue weighted by Crippen LogP contribution is -2.09. The Labute approximate surface area is 155 Å². The van der Waals surface area contributed by atoms with E-state index in [-0.39, 0.29) is 11.5 Å². The lowest BCUT2D eigenvalue weighted by atomic mass is 10.1. The minimum atomic E-state index is -4.72. The van der Waals surface area contributed by atoms with Crippen LogP contribution >= 0.6 is 0 Å². The largest absolute Gasteiger partial charge is 0.493 e. The number of methoxy groups -OCH3 is 2. The molecule has 0 atom stereocenters. The number of rotatable bonds is 5. The van der Waals surface area contributed by atoms with Crippen molar-refractivity contribution in [3.05, 3.63) is 52.1 Å². The van der Waals surface area contributed by atoms with Crippen LogP contribution in [0.1, 0.15) is 5.56 Å². The molecular weight excluding hydrogens is 383 g/mol. The summed E-state index contributed by atoms with van der Waals surface area (Å²) in [4.78, 5) is 11.1. The predicted molar refractivity (Wildman–Crippen MR) is 89.4 cm³/mol. The van der Waals surface area contributed by atoms with Crippen molar-refractivity contribution in [2.24, 2.45) is 0 Å². The zero-order valence-corrected chi connectivity index (χ0v) is 14.5. The first kappa shape index (κ1) is 19.1. The Morgan fingerprint density at radius 1 is 1.07 bits per heavy atom. The Bertz CT molecular complexity index is 1040. The van der Waals surface area contributed by atoms with Gasteiger partial charge in [-0.05, 0) is 35.5 Å². The number of halogens is 3. The second-order valence-corrected chi connectivity index (χ2v) is 5.43. The second kappa shape index (κ2) is 7.13. The topological polar surface area (TPSA) is 105 Å². The van der Waals surface area contributed by atoms with Crippen molar-refractivity contribution >= 4 is 5.69 Å². The molecule has 3 aromatic rings. The van der Waals surface area contributed by atoms with Gasteiger partial charge in [-0.2, -0.15) is 13.2 Å². The van der Waals surface area contributed by atoms with E-state index in [4.69, 9.17) is 9.47 Å². The SMILES string of the molecule is COc1ccc(-c2nnn(-c3ccc(C(F)(F)F)cc3[N+](=O)[O-])n2)cc1OC. The fourth-order valence-corrected chi connectivity index (χ4v) is 2.42. The van der Waals surface area contributed by atoms with Crippen LogP contribution in [0.15, 0.2) is 36.4 Å². The maximum atomic E-state index is 12.8. The summed E-state index contributed by atoms with van der Waals surface area (Å²) < 4.78 is 48.8. The van der Waals surface area contributed by atoms with Crippen molar-refractivity contribution in [2.75, 3.05) is 14.2 Å². The second-order valence-electron chi connectivity index (χ2n) is 5.43. The quantitative estimate of drug-likeness (QED) is 0.482. The van der Waals surface area contributed by atoms with Gasteiger partial charge in [0, 0.05) is 11.6 Å². The Morgan fingerprint density at radius 3 is 2.39 bits per heavy atom. The fraction of sp³-hybridized carbons (Fsp3) is 0.188. The summed E-state index contributed by atoms with van der Waals surface area (Å²) in [6, 6.07) is 6.85. The summed E-state index contributed by atoms with van der Waals surface area (Å²) in [7, 11) is 2.91. The van der Waals surface area contributed by atoms with Gasteiger partial charge >= 0.3 is 6.18 Å². The van der Waals surface area contributed by atoms with Crippen LogP contribution in [-0.2, 0) is 6.18 Å². The molecule has 0 spiro atoms. The van der Waals surface area contributed by atoms with Gasteiger partial charge in [-0.3, -0.25) is 10.1 Å². The van der Waals surface area contributed by atoms with Crippen molar-refractivity contribution in [1.29, 1.82) is 0 Å². The van der Waals surface area contributed by atoms with Crippen LogP contribution in [0.3, 0.4) is 0 Å². The van der Waals surface area contributed by atoms with Crippen LogP contribution < -0.4 is 9.47 Å². The molecule has 0 bridgehead atoms. The molecule has 3 rings (SSSR count). The monoisotopic (exact) mass is 395 g/mol. The van der Waals surface area contributed by atoms with Crippen molar-refractivity contribution in [1.82, 2.24) is 20.2 Å². The molecule has 0 radical (unpaired) electrons. The number of nitro benzene ring substituents is 1. The minimum Gasteiger partial charge on any atom is -0.493 e. The molecule has 0 aliphatic rings. The van der Waals surface area contributed by atoms with Gasteiger partial charge in [0.1, 0.15) is 0 Å². The Kier molecular flexibility index (Phi) is 4.86. The van der Waals surface area contributed by atoms with E-state index in [0.717, 1.165) is 10.9 Å². The van der Waals surface area contributed by atoms with Crippen LogP contribution in [0.2, 0.25) is 0 Å². The van der Waals surface area contributed by atoms with E-state index in [2.05, 4.69) is 15.4 Å². The number of benzene rings is 2. The fourth-order valence-electron chi connectivity index (χ4n) is 2.42. The summed E-state index contributed by atoms with van der Waals surface area (Å²) >= 11 is 0. The number of hydrogen-bond donors (Lipinski definition) is 0. The molecule has 1 heterocycles. The van der Waals surface area contributed by atoms with Gasteiger partial charge in [0.2, 0.25) is 5.82 Å². The van der Waals surface area contributed by atoms with Gasteiger partial charge in [0.05, 0.1) is 24.7 Å². The molecule has 0 fully saturated rings. The van der Waals surface area contributed by atoms with Gasteiger partial charge in [0.25, 0.3) is 5.69 Å². The van der Waals surface area contributed by atoms with Crippen molar-refractivity contribution < 1.29 is 27.6 Å². The molecule has 0 unspecified atom stereocenters. The standard InChI is InChI=1S/C16H12F3N5O4/c1-27-13-6-3-9(7-14(13)28-2)15-20-22-23(21-15)11-5-4-10(16(17,18)19)8-12(11)24(25)26/h3-8H,1-2H3. The number of nitro groups is 1. The van der Waals surface area contributed by atoms with E-state index in [0.29, 0.717) is 29.2 Å². The van der Waals surface area contributed by atoms with Gasteiger partial charge in [0.15, 0.2) is 17.2 Å². The molecule has 146 valence electrons. The summed E-state index contributed by atoms with van der Waals surface area (Å²) in [5, 5.41) is 22.8. The predicted octanol–water partition coefficient (Wildman–Crippen LogP) is 3.27. The number of nitrogens with zero attached hydrogens (tertiary/aromatic N) is 5. The van der Waals surface area contributed by atoms with Crippen molar-refractivity contribution in [2.45, 2.75) is 6.18 Å². The van der Waals surface area contributed by atoms with E-state index in [1.807, 2.05) is 0 Å². The third kappa shape index (κ3) is 3.56. The lowest BCUT2D eigenvalue weighted by Gasteiger charge is -2.08. The first-order valence-electron chi connectivity index (χ1n) is 7.63. The molecule has 1 aromatic heterocycles. The Morgan fingerprint density at radius 2 is 1.79 bits per heavy atom. The molecule has 9 nitrogen and oxygen atoms in total. The smallest absolute Gasteiger partial charge is 0.416 e. The highest BCUT2D eigenvalue weighted by atomic mass is 19.4. The number of alkyl halides is 3. The maximum absolute atomic E-state index is 12.8. The number of hydrogen-bond acceptors (Lipinski definition) is 7. The molecule has 0 saturated heterocycles. The molecule has 12 heteroatoms. The van der Waals surface area contributed by atoms with Crippen LogP contribution in [-0.4, -0.2) is 39.4 Å². The molecule has 2 aromatic carbocycles. The zero-order chi connectivity index (χ0) is 20.5. The van der Waals surface area contributed by atoms with Gasteiger partial charge < -0.3 is 9.47 Å². The van der Waals surface area contributed by atoms with Crippen molar-refractivity contribution in [3.63, 3.8) is 0 Å². The Hall–Kier alpha value is -3.70. The highest BCUT2D eigenvalue weighted by molar-refractivity contribution is 5.61. The number of tetrazole rings is 1. The minimum absolute atomic E-state index is 0.0927. The average Bonchev–Trinajstić information content (AvgIpc) is 3.16. The number of ether oxygens (including phenoxy) is 2. The van der Waals surface area contributed by atoms with E-state index in [9.17, 15) is 23.3 Å². The normalized spacial score (nSPS) is 11.3. The highest BCUT2D eigenvalue weighted by Gasteiger charge is 2.33. The molecule has 0 aliphatic carbocycles. The summed E-state index contributed by atoms with van der Waals surface area (Å²) in [6.45, 7) is 0. The highest BCUT2D eigenvalue weighted by Crippen LogP contribution is 2.34. The van der Waals surface area contributed by atoms with E-state index in [1.54, 1.807) is 18.2 Å². The van der Waals surface area contributed by atoms with E-state index < -0.39 is 22.4 Å². The molecule has 0 saturated carbocycles. The summed E-state index contributed by atoms with van der Waals surface area (Å²) in [6.07, 6.45) is -4.72. The van der Waals surface area contributed by atoms with Crippen LogP contribution in [0, 0.1) is 10.1 Å². The first-order valence-corrected chi connectivity index (χ1v) is 7.63. The van der Waals surface area contributed by atoms with Gasteiger partial charge in [-0.15, -0.1) is 15.0 Å². The number of aromatic nitrogens is 4. The average molecular weight is 395 g/mol. The molecule has 28 heavy (non-hydrogen) atoms. The van der Waals surface area contributed by atoms with Gasteiger partial charge in [-0.25, -0.2) is 0 Å². The molecule has 0 amide bonds. The van der Waals surface area contributed by atoms with E-state index in [1.165, 1.54) is 14.2 Å². The first-order chi connectivity index (χ1) is 13.2. The summed E-state index contributed by atoms with van der Waals surface area (Å²) in [5.41, 5.74) is -1.73. The van der Waals surface area contributed by atoms with Crippen LogP contribution in [0.5, 0.6) is 11.5 Å². The molecule has 0 aliphatic heterocycles. The van der Waals surface area contributed by atoms with Crippen LogP contribution in [0.4, 0.5) is 18.9 Å². The molecular formula is C16H12F3N5O4. The zero-order valence-electron chi connectivity index (χ0n) is 14.5. The van der Waals surface area contributed by atoms with Crippen molar-refractivity contribution in [3.8, 4) is 28.6 Å². The van der Waals surface area contributed by atoms with Gasteiger partial charge in [-0.1, -0.05) is 0 Å². The third-order valence-corrected chi connectivity index (χ3v) is 3.77.